The van der Waals surface area contributed by atoms with Gasteiger partial charge in [-0.05, 0) is 28.9 Å². The van der Waals surface area contributed by atoms with Crippen molar-refractivity contribution in [1.82, 2.24) is 9.78 Å². The molecule has 0 unspecified atom stereocenters. The molecule has 0 amide bonds. The summed E-state index contributed by atoms with van der Waals surface area (Å²) in [4.78, 5) is 16.8. The van der Waals surface area contributed by atoms with Gasteiger partial charge in [-0.15, -0.1) is 0 Å². The number of nitrogens with one attached hydrogen (secondary N) is 1. The third-order valence-corrected chi connectivity index (χ3v) is 5.41. The number of rotatable bonds is 9. The molecule has 0 aliphatic rings. The van der Waals surface area contributed by atoms with Gasteiger partial charge in [0.2, 0.25) is 0 Å². The van der Waals surface area contributed by atoms with Crippen LogP contribution in [0.4, 0.5) is 5.69 Å². The zero-order chi connectivity index (χ0) is 16.8. The Morgan fingerprint density at radius 3 is 2.77 bits per heavy atom. The Balaban J connectivity index is 2.64. The van der Waals surface area contributed by atoms with E-state index in [9.17, 15) is 4.79 Å². The Hall–Kier alpha value is -0.743. The van der Waals surface area contributed by atoms with E-state index in [1.165, 1.54) is 4.68 Å². The predicted molar refractivity (Wildman–Crippen MR) is 93.5 cm³/mol. The van der Waals surface area contributed by atoms with E-state index in [0.29, 0.717) is 23.4 Å². The van der Waals surface area contributed by atoms with Gasteiger partial charge < -0.3 is 14.9 Å². The van der Waals surface area contributed by atoms with Crippen molar-refractivity contribution in [3.05, 3.63) is 21.0 Å². The quantitative estimate of drug-likeness (QED) is 0.379. The summed E-state index contributed by atoms with van der Waals surface area (Å²) in [5, 5.41) is 7.22. The standard InChI is InChI=1S/C13H25BrN4O3Si/c1-10(8-21-15)17-11-7-16-18(13(19)12(11)14)9-20-5-6-22(2,3)4/h7,10,17H,5-6,8-9,15H2,1-4H3/t10-/m0/s1. The Bertz CT molecular complexity index is 533. The van der Waals surface area contributed by atoms with Crippen molar-refractivity contribution < 1.29 is 9.57 Å². The fourth-order valence-electron chi connectivity index (χ4n) is 1.64. The van der Waals surface area contributed by atoms with Gasteiger partial charge in [0.05, 0.1) is 18.5 Å². The highest BCUT2D eigenvalue weighted by Gasteiger charge is 2.13. The summed E-state index contributed by atoms with van der Waals surface area (Å²) in [5.41, 5.74) is 0.367. The van der Waals surface area contributed by atoms with E-state index >= 15 is 0 Å². The van der Waals surface area contributed by atoms with Crippen LogP contribution in [0.1, 0.15) is 6.92 Å². The third kappa shape index (κ3) is 6.57. The molecule has 9 heteroatoms. The van der Waals surface area contributed by atoms with Crippen molar-refractivity contribution in [1.29, 1.82) is 0 Å². The SMILES string of the molecule is C[C@@H](CON)Nc1cnn(COCC[Si](C)(C)C)c(=O)c1Br. The zero-order valence-corrected chi connectivity index (χ0v) is 16.1. The Morgan fingerprint density at radius 2 is 2.18 bits per heavy atom. The molecule has 22 heavy (non-hydrogen) atoms. The molecule has 126 valence electrons. The lowest BCUT2D eigenvalue weighted by atomic mass is 10.3. The lowest BCUT2D eigenvalue weighted by Gasteiger charge is -2.17. The summed E-state index contributed by atoms with van der Waals surface area (Å²) in [6, 6.07) is 1.02. The normalized spacial score (nSPS) is 13.2. The van der Waals surface area contributed by atoms with Crippen LogP contribution in [0.25, 0.3) is 0 Å². The van der Waals surface area contributed by atoms with Crippen molar-refractivity contribution in [2.45, 2.75) is 45.4 Å². The summed E-state index contributed by atoms with van der Waals surface area (Å²) in [6.45, 7) is 9.87. The maximum Gasteiger partial charge on any atom is 0.285 e. The third-order valence-electron chi connectivity index (χ3n) is 2.94. The average molecular weight is 393 g/mol. The van der Waals surface area contributed by atoms with E-state index in [-0.39, 0.29) is 18.3 Å². The smallest absolute Gasteiger partial charge is 0.285 e. The first-order valence-electron chi connectivity index (χ1n) is 7.16. The van der Waals surface area contributed by atoms with Gasteiger partial charge in [-0.3, -0.25) is 4.79 Å². The van der Waals surface area contributed by atoms with Gasteiger partial charge in [-0.1, -0.05) is 19.6 Å². The molecular weight excluding hydrogens is 368 g/mol. The molecule has 0 saturated carbocycles. The molecule has 0 fully saturated rings. The first-order chi connectivity index (χ1) is 10.2. The van der Waals surface area contributed by atoms with Crippen LogP contribution in [0.15, 0.2) is 15.5 Å². The highest BCUT2D eigenvalue weighted by atomic mass is 79.9. The van der Waals surface area contributed by atoms with E-state index < -0.39 is 8.07 Å². The van der Waals surface area contributed by atoms with Crippen molar-refractivity contribution in [2.24, 2.45) is 5.90 Å². The molecule has 1 aromatic rings. The van der Waals surface area contributed by atoms with Crippen molar-refractivity contribution in [3.8, 4) is 0 Å². The van der Waals surface area contributed by atoms with Crippen LogP contribution in [0.5, 0.6) is 0 Å². The van der Waals surface area contributed by atoms with E-state index in [1.807, 2.05) is 6.92 Å². The van der Waals surface area contributed by atoms with Crippen molar-refractivity contribution in [2.75, 3.05) is 18.5 Å². The molecule has 1 atom stereocenters. The van der Waals surface area contributed by atoms with Crippen LogP contribution in [0.3, 0.4) is 0 Å². The summed E-state index contributed by atoms with van der Waals surface area (Å²) in [5.74, 6) is 5.03. The largest absolute Gasteiger partial charge is 0.378 e. The number of anilines is 1. The van der Waals surface area contributed by atoms with Crippen LogP contribution in [0.2, 0.25) is 25.7 Å². The summed E-state index contributed by atoms with van der Waals surface area (Å²) < 4.78 is 7.26. The van der Waals surface area contributed by atoms with Crippen LogP contribution in [-0.2, 0) is 16.3 Å². The van der Waals surface area contributed by atoms with E-state index in [4.69, 9.17) is 10.6 Å². The maximum atomic E-state index is 12.2. The van der Waals surface area contributed by atoms with E-state index in [0.717, 1.165) is 6.04 Å². The Kier molecular flexibility index (Phi) is 7.70. The number of nitrogens with two attached hydrogens (primary N) is 1. The van der Waals surface area contributed by atoms with Gasteiger partial charge in [0, 0.05) is 20.7 Å². The van der Waals surface area contributed by atoms with Gasteiger partial charge >= 0.3 is 0 Å². The maximum absolute atomic E-state index is 12.2. The number of nitrogens with zero attached hydrogens (tertiary/aromatic N) is 2. The molecule has 0 aromatic carbocycles. The molecule has 3 N–H and O–H groups in total. The predicted octanol–water partition coefficient (Wildman–Crippen LogP) is 2.01. The Labute approximate surface area is 140 Å². The minimum atomic E-state index is -1.13. The molecule has 0 saturated heterocycles. The number of hydrogen-bond acceptors (Lipinski definition) is 6. The van der Waals surface area contributed by atoms with Crippen LogP contribution in [-0.4, -0.2) is 37.1 Å². The van der Waals surface area contributed by atoms with Gasteiger partial charge in [0.25, 0.3) is 5.56 Å². The fourth-order valence-corrected chi connectivity index (χ4v) is 2.82. The molecule has 0 aliphatic heterocycles. The molecule has 1 rings (SSSR count). The number of aromatic nitrogens is 2. The topological polar surface area (TPSA) is 91.4 Å². The first-order valence-corrected chi connectivity index (χ1v) is 11.7. The molecule has 7 nitrogen and oxygen atoms in total. The first kappa shape index (κ1) is 19.3. The zero-order valence-electron chi connectivity index (χ0n) is 13.6. The van der Waals surface area contributed by atoms with E-state index in [2.05, 4.69) is 50.8 Å². The number of ether oxygens (including phenoxy) is 1. The second-order valence-corrected chi connectivity index (χ2v) is 12.8. The summed E-state index contributed by atoms with van der Waals surface area (Å²) in [6.07, 6.45) is 1.58. The molecule has 0 aliphatic carbocycles. The van der Waals surface area contributed by atoms with Gasteiger partial charge in [-0.25, -0.2) is 10.6 Å². The van der Waals surface area contributed by atoms with Gasteiger partial charge in [0.15, 0.2) is 0 Å². The minimum absolute atomic E-state index is 0.0358. The van der Waals surface area contributed by atoms with Crippen molar-refractivity contribution >= 4 is 29.7 Å². The summed E-state index contributed by atoms with van der Waals surface area (Å²) >= 11 is 3.29. The van der Waals surface area contributed by atoms with Gasteiger partial charge in [-0.2, -0.15) is 5.10 Å². The minimum Gasteiger partial charge on any atom is -0.378 e. The average Bonchev–Trinajstić information content (AvgIpc) is 2.41. The monoisotopic (exact) mass is 392 g/mol. The second kappa shape index (κ2) is 8.78. The molecule has 0 spiro atoms. The highest BCUT2D eigenvalue weighted by Crippen LogP contribution is 2.17. The Morgan fingerprint density at radius 1 is 1.50 bits per heavy atom. The van der Waals surface area contributed by atoms with Crippen molar-refractivity contribution in [3.63, 3.8) is 0 Å². The molecule has 0 bridgehead atoms. The number of halogens is 1. The number of hydrogen-bond donors (Lipinski definition) is 2. The lowest BCUT2D eigenvalue weighted by molar-refractivity contribution is 0.0748. The summed E-state index contributed by atoms with van der Waals surface area (Å²) in [7, 11) is -1.13. The van der Waals surface area contributed by atoms with Crippen LogP contribution >= 0.6 is 15.9 Å². The lowest BCUT2D eigenvalue weighted by Crippen LogP contribution is -2.29. The van der Waals surface area contributed by atoms with Crippen LogP contribution in [0, 0.1) is 0 Å². The molecule has 1 heterocycles. The molecular formula is C13H25BrN4O3Si. The second-order valence-electron chi connectivity index (χ2n) is 6.40. The van der Waals surface area contributed by atoms with Gasteiger partial charge in [0.1, 0.15) is 11.2 Å². The molecule has 0 radical (unpaired) electrons. The fraction of sp³-hybridized carbons (Fsp3) is 0.692. The molecule has 1 aromatic heterocycles. The van der Waals surface area contributed by atoms with E-state index in [1.54, 1.807) is 6.20 Å². The van der Waals surface area contributed by atoms with Crippen LogP contribution < -0.4 is 16.8 Å². The highest BCUT2D eigenvalue weighted by molar-refractivity contribution is 9.10.